The van der Waals surface area contributed by atoms with Crippen LogP contribution in [0.3, 0.4) is 0 Å². The summed E-state index contributed by atoms with van der Waals surface area (Å²) >= 11 is 0. The van der Waals surface area contributed by atoms with Crippen LogP contribution in [0, 0.1) is 0 Å². The molecule has 0 aromatic heterocycles. The maximum atomic E-state index is 9.60. The molecule has 0 amide bonds. The molecule has 1 aliphatic heterocycles. The van der Waals surface area contributed by atoms with Crippen LogP contribution in [0.4, 0.5) is 0 Å². The maximum absolute atomic E-state index is 9.60. The molecule has 1 aromatic rings. The van der Waals surface area contributed by atoms with Gasteiger partial charge in [-0.2, -0.15) is 0 Å². The van der Waals surface area contributed by atoms with Gasteiger partial charge in [-0.25, -0.2) is 0 Å². The van der Waals surface area contributed by atoms with Crippen LogP contribution in [0.25, 0.3) is 0 Å². The van der Waals surface area contributed by atoms with Crippen LogP contribution in [0.2, 0.25) is 0 Å². The number of halogens is 1. The Balaban J connectivity index is 0.00000128. The second kappa shape index (κ2) is 6.09. The van der Waals surface area contributed by atoms with E-state index < -0.39 is 0 Å². The molecule has 0 saturated carbocycles. The van der Waals surface area contributed by atoms with Gasteiger partial charge in [0, 0.05) is 6.04 Å². The predicted molar refractivity (Wildman–Crippen MR) is 66.2 cm³/mol. The van der Waals surface area contributed by atoms with E-state index in [0.29, 0.717) is 0 Å². The Bertz CT molecular complexity index is 333. The van der Waals surface area contributed by atoms with Crippen LogP contribution < -0.4 is 10.1 Å². The number of rotatable bonds is 2. The van der Waals surface area contributed by atoms with Crippen molar-refractivity contribution in [2.24, 2.45) is 0 Å². The maximum Gasteiger partial charge on any atom is 0.119 e. The molecular weight excluding hydrogens is 226 g/mol. The minimum absolute atomic E-state index is 0. The van der Waals surface area contributed by atoms with Crippen molar-refractivity contribution in [3.8, 4) is 5.75 Å². The zero-order valence-corrected chi connectivity index (χ0v) is 10.2. The first-order chi connectivity index (χ1) is 7.29. The second-order valence-corrected chi connectivity index (χ2v) is 3.96. The van der Waals surface area contributed by atoms with Gasteiger partial charge in [-0.05, 0) is 37.1 Å². The fraction of sp³-hybridized carbons (Fsp3) is 0.500. The minimum Gasteiger partial charge on any atom is -0.497 e. The summed E-state index contributed by atoms with van der Waals surface area (Å²) in [6.45, 7) is 0.878. The molecule has 2 atom stereocenters. The molecule has 4 heteroatoms. The quantitative estimate of drug-likeness (QED) is 0.834. The predicted octanol–water partition coefficient (Wildman–Crippen LogP) is 1.90. The van der Waals surface area contributed by atoms with E-state index in [1.165, 1.54) is 5.56 Å². The van der Waals surface area contributed by atoms with Crippen molar-refractivity contribution in [2.75, 3.05) is 13.7 Å². The molecule has 1 aromatic carbocycles. The number of benzene rings is 1. The van der Waals surface area contributed by atoms with Crippen LogP contribution in [0.15, 0.2) is 24.3 Å². The Morgan fingerprint density at radius 3 is 2.94 bits per heavy atom. The summed E-state index contributed by atoms with van der Waals surface area (Å²) in [5, 5.41) is 13.0. The van der Waals surface area contributed by atoms with Crippen molar-refractivity contribution in [3.63, 3.8) is 0 Å². The fourth-order valence-electron chi connectivity index (χ4n) is 2.01. The van der Waals surface area contributed by atoms with E-state index >= 15 is 0 Å². The molecule has 2 N–H and O–H groups in total. The van der Waals surface area contributed by atoms with Crippen molar-refractivity contribution in [2.45, 2.75) is 25.0 Å². The molecule has 3 nitrogen and oxygen atoms in total. The first kappa shape index (κ1) is 13.3. The average Bonchev–Trinajstić information content (AvgIpc) is 2.29. The van der Waals surface area contributed by atoms with Gasteiger partial charge >= 0.3 is 0 Å². The summed E-state index contributed by atoms with van der Waals surface area (Å²) < 4.78 is 5.18. The molecule has 16 heavy (non-hydrogen) atoms. The van der Waals surface area contributed by atoms with E-state index in [-0.39, 0.29) is 24.6 Å². The lowest BCUT2D eigenvalue weighted by atomic mass is 9.95. The Morgan fingerprint density at radius 2 is 2.25 bits per heavy atom. The van der Waals surface area contributed by atoms with E-state index in [1.54, 1.807) is 7.11 Å². The normalized spacial score (nSPS) is 24.6. The molecule has 2 rings (SSSR count). The van der Waals surface area contributed by atoms with Crippen molar-refractivity contribution < 1.29 is 9.84 Å². The highest BCUT2D eigenvalue weighted by atomic mass is 35.5. The van der Waals surface area contributed by atoms with Gasteiger partial charge in [0.1, 0.15) is 5.75 Å². The lowest BCUT2D eigenvalue weighted by Gasteiger charge is -2.27. The summed E-state index contributed by atoms with van der Waals surface area (Å²) in [5.41, 5.74) is 1.19. The van der Waals surface area contributed by atoms with Crippen LogP contribution in [0.1, 0.15) is 24.4 Å². The average molecular weight is 244 g/mol. The third-order valence-corrected chi connectivity index (χ3v) is 2.87. The van der Waals surface area contributed by atoms with Gasteiger partial charge in [0.2, 0.25) is 0 Å². The van der Waals surface area contributed by atoms with Crippen LogP contribution in [-0.4, -0.2) is 24.9 Å². The summed E-state index contributed by atoms with van der Waals surface area (Å²) in [5.74, 6) is 0.870. The highest BCUT2D eigenvalue weighted by molar-refractivity contribution is 5.85. The molecule has 1 heterocycles. The largest absolute Gasteiger partial charge is 0.497 e. The van der Waals surface area contributed by atoms with E-state index in [9.17, 15) is 5.11 Å². The van der Waals surface area contributed by atoms with Crippen molar-refractivity contribution in [1.29, 1.82) is 0 Å². The van der Waals surface area contributed by atoms with Crippen molar-refractivity contribution in [3.05, 3.63) is 29.8 Å². The van der Waals surface area contributed by atoms with E-state index in [1.807, 2.05) is 18.2 Å². The number of ether oxygens (including phenoxy) is 1. The number of nitrogens with one attached hydrogen (secondary N) is 1. The van der Waals surface area contributed by atoms with Gasteiger partial charge in [0.25, 0.3) is 0 Å². The summed E-state index contributed by atoms with van der Waals surface area (Å²) in [6, 6.07) is 8.26. The highest BCUT2D eigenvalue weighted by Crippen LogP contribution is 2.25. The van der Waals surface area contributed by atoms with E-state index in [2.05, 4.69) is 11.4 Å². The van der Waals surface area contributed by atoms with Gasteiger partial charge in [-0.1, -0.05) is 12.1 Å². The third kappa shape index (κ3) is 3.11. The first-order valence-electron chi connectivity index (χ1n) is 5.35. The summed E-state index contributed by atoms with van der Waals surface area (Å²) in [6.07, 6.45) is 1.45. The van der Waals surface area contributed by atoms with Gasteiger partial charge in [0.05, 0.1) is 13.2 Å². The van der Waals surface area contributed by atoms with Gasteiger partial charge in [0.15, 0.2) is 0 Å². The molecule has 0 bridgehead atoms. The number of piperidine rings is 1. The number of aliphatic hydroxyl groups excluding tert-OH is 1. The van der Waals surface area contributed by atoms with Gasteiger partial charge in [-0.15, -0.1) is 12.4 Å². The number of hydrogen-bond donors (Lipinski definition) is 2. The Kier molecular flexibility index (Phi) is 5.06. The smallest absolute Gasteiger partial charge is 0.119 e. The molecular formula is C12H18ClNO2. The zero-order valence-electron chi connectivity index (χ0n) is 9.35. The summed E-state index contributed by atoms with van der Waals surface area (Å²) in [7, 11) is 1.67. The molecule has 90 valence electrons. The van der Waals surface area contributed by atoms with Gasteiger partial charge < -0.3 is 15.2 Å². The van der Waals surface area contributed by atoms with Gasteiger partial charge in [-0.3, -0.25) is 0 Å². The molecule has 1 saturated heterocycles. The standard InChI is InChI=1S/C12H17NO2.ClH/c1-15-11-4-2-3-9(7-11)12-8-10(14)5-6-13-12;/h2-4,7,10,12-14H,5-6,8H2,1H3;1H. The molecule has 1 aliphatic rings. The van der Waals surface area contributed by atoms with Crippen molar-refractivity contribution in [1.82, 2.24) is 5.32 Å². The Hall–Kier alpha value is -0.770. The molecule has 1 fully saturated rings. The lowest BCUT2D eigenvalue weighted by Crippen LogP contribution is -2.34. The minimum atomic E-state index is -0.178. The molecule has 2 unspecified atom stereocenters. The fourth-order valence-corrected chi connectivity index (χ4v) is 2.01. The Labute approximate surface area is 102 Å². The third-order valence-electron chi connectivity index (χ3n) is 2.87. The van der Waals surface area contributed by atoms with Crippen molar-refractivity contribution >= 4 is 12.4 Å². The second-order valence-electron chi connectivity index (χ2n) is 3.96. The number of aliphatic hydroxyl groups is 1. The lowest BCUT2D eigenvalue weighted by molar-refractivity contribution is 0.116. The van der Waals surface area contributed by atoms with E-state index in [4.69, 9.17) is 4.74 Å². The molecule has 0 spiro atoms. The zero-order chi connectivity index (χ0) is 10.7. The molecule has 0 radical (unpaired) electrons. The SMILES string of the molecule is COc1cccc(C2CC(O)CCN2)c1.Cl. The van der Waals surface area contributed by atoms with Crippen LogP contribution in [0.5, 0.6) is 5.75 Å². The number of hydrogen-bond acceptors (Lipinski definition) is 3. The topological polar surface area (TPSA) is 41.5 Å². The first-order valence-corrected chi connectivity index (χ1v) is 5.35. The number of methoxy groups -OCH3 is 1. The molecule has 0 aliphatic carbocycles. The monoisotopic (exact) mass is 243 g/mol. The summed E-state index contributed by atoms with van der Waals surface area (Å²) in [4.78, 5) is 0. The highest BCUT2D eigenvalue weighted by Gasteiger charge is 2.20. The van der Waals surface area contributed by atoms with Crippen LogP contribution in [-0.2, 0) is 0 Å². The van der Waals surface area contributed by atoms with Crippen LogP contribution >= 0.6 is 12.4 Å². The Morgan fingerprint density at radius 1 is 1.44 bits per heavy atom. The van der Waals surface area contributed by atoms with E-state index in [0.717, 1.165) is 25.1 Å².